The van der Waals surface area contributed by atoms with Crippen molar-refractivity contribution in [1.29, 1.82) is 0 Å². The second kappa shape index (κ2) is 6.38. The first-order valence-electron chi connectivity index (χ1n) is 9.60. The second-order valence-electron chi connectivity index (χ2n) is 7.52. The number of thiophene rings is 1. The van der Waals surface area contributed by atoms with E-state index in [0.29, 0.717) is 5.39 Å². The van der Waals surface area contributed by atoms with Crippen LogP contribution in [0.3, 0.4) is 0 Å². The highest BCUT2D eigenvalue weighted by Crippen LogP contribution is 2.34. The van der Waals surface area contributed by atoms with Crippen LogP contribution in [0.25, 0.3) is 10.2 Å². The predicted octanol–water partition coefficient (Wildman–Crippen LogP) is 3.34. The number of rotatable bonds is 2. The van der Waals surface area contributed by atoms with Gasteiger partial charge in [-0.25, -0.2) is 4.98 Å². The number of carbonyl (C=O) groups excluding carboxylic acids is 1. The third-order valence-electron chi connectivity index (χ3n) is 5.42. The lowest BCUT2D eigenvalue weighted by Gasteiger charge is -2.20. The van der Waals surface area contributed by atoms with Crippen molar-refractivity contribution in [3.8, 4) is 0 Å². The molecule has 0 saturated heterocycles. The fourth-order valence-corrected chi connectivity index (χ4v) is 5.37. The minimum atomic E-state index is -0.190. The van der Waals surface area contributed by atoms with E-state index in [4.69, 9.17) is 0 Å². The normalized spacial score (nSPS) is 17.6. The van der Waals surface area contributed by atoms with Gasteiger partial charge in [0.25, 0.3) is 11.5 Å². The third kappa shape index (κ3) is 2.46. The predicted molar refractivity (Wildman–Crippen MR) is 112 cm³/mol. The van der Waals surface area contributed by atoms with Crippen molar-refractivity contribution in [3.63, 3.8) is 0 Å². The van der Waals surface area contributed by atoms with Gasteiger partial charge in [-0.1, -0.05) is 18.2 Å². The summed E-state index contributed by atoms with van der Waals surface area (Å²) in [6.45, 7) is 3.93. The van der Waals surface area contributed by atoms with Crippen molar-refractivity contribution in [2.24, 2.45) is 5.10 Å². The molecule has 0 spiro atoms. The molecule has 5 rings (SSSR count). The summed E-state index contributed by atoms with van der Waals surface area (Å²) in [5.41, 5.74) is 2.80. The molecule has 28 heavy (non-hydrogen) atoms. The number of aromatic nitrogens is 2. The van der Waals surface area contributed by atoms with Gasteiger partial charge < -0.3 is 4.90 Å². The van der Waals surface area contributed by atoms with E-state index in [1.165, 1.54) is 15.9 Å². The van der Waals surface area contributed by atoms with E-state index >= 15 is 0 Å². The lowest BCUT2D eigenvalue weighted by atomic mass is 9.97. The molecule has 0 atom stereocenters. The highest BCUT2D eigenvalue weighted by Gasteiger charge is 2.35. The molecule has 2 aliphatic rings. The van der Waals surface area contributed by atoms with E-state index in [1.54, 1.807) is 16.2 Å². The molecule has 0 bridgehead atoms. The monoisotopic (exact) mass is 392 g/mol. The number of hydrogen-bond donors (Lipinski definition) is 0. The van der Waals surface area contributed by atoms with Crippen LogP contribution in [-0.2, 0) is 17.6 Å². The number of benzene rings is 1. The average molecular weight is 392 g/mol. The first-order chi connectivity index (χ1) is 13.6. The summed E-state index contributed by atoms with van der Waals surface area (Å²) in [7, 11) is 0. The summed E-state index contributed by atoms with van der Waals surface area (Å²) in [6, 6.07) is 7.57. The summed E-state index contributed by atoms with van der Waals surface area (Å²) < 4.78 is 1.23. The largest absolute Gasteiger partial charge is 0.304 e. The van der Waals surface area contributed by atoms with Gasteiger partial charge in [0.15, 0.2) is 5.71 Å². The van der Waals surface area contributed by atoms with Gasteiger partial charge in [-0.2, -0.15) is 9.78 Å². The summed E-state index contributed by atoms with van der Waals surface area (Å²) in [6.07, 6.45) is 5.62. The number of nitrogens with zero attached hydrogens (tertiary/aromatic N) is 4. The van der Waals surface area contributed by atoms with Gasteiger partial charge in [0, 0.05) is 16.5 Å². The van der Waals surface area contributed by atoms with Gasteiger partial charge >= 0.3 is 0 Å². The fraction of sp³-hybridized carbons (Fsp3) is 0.333. The number of anilines is 1. The van der Waals surface area contributed by atoms with Gasteiger partial charge in [-0.05, 0) is 51.2 Å². The number of hydrogen-bond acceptors (Lipinski definition) is 5. The van der Waals surface area contributed by atoms with E-state index in [1.807, 2.05) is 38.1 Å². The molecular weight excluding hydrogens is 372 g/mol. The lowest BCUT2D eigenvalue weighted by molar-refractivity contribution is -0.112. The Morgan fingerprint density at radius 3 is 2.75 bits per heavy atom. The molecule has 1 amide bonds. The Morgan fingerprint density at radius 1 is 1.14 bits per heavy atom. The molecule has 3 heterocycles. The molecule has 0 saturated carbocycles. The fourth-order valence-electron chi connectivity index (χ4n) is 4.15. The van der Waals surface area contributed by atoms with Crippen LogP contribution in [0.1, 0.15) is 42.7 Å². The molecule has 7 heteroatoms. The van der Waals surface area contributed by atoms with E-state index in [-0.39, 0.29) is 23.2 Å². The molecule has 6 nitrogen and oxygen atoms in total. The minimum Gasteiger partial charge on any atom is -0.304 e. The molecular formula is C21H20N4O2S. The highest BCUT2D eigenvalue weighted by atomic mass is 32.1. The van der Waals surface area contributed by atoms with Crippen molar-refractivity contribution in [1.82, 2.24) is 9.66 Å². The first-order valence-corrected chi connectivity index (χ1v) is 10.4. The van der Waals surface area contributed by atoms with Crippen molar-refractivity contribution in [3.05, 3.63) is 57.0 Å². The van der Waals surface area contributed by atoms with Crippen LogP contribution in [0, 0.1) is 0 Å². The van der Waals surface area contributed by atoms with Gasteiger partial charge in [0.1, 0.15) is 11.2 Å². The van der Waals surface area contributed by atoms with E-state index in [9.17, 15) is 9.59 Å². The number of para-hydroxylation sites is 1. The summed E-state index contributed by atoms with van der Waals surface area (Å²) >= 11 is 1.61. The Balaban J connectivity index is 1.69. The van der Waals surface area contributed by atoms with Gasteiger partial charge in [-0.3, -0.25) is 9.59 Å². The van der Waals surface area contributed by atoms with Gasteiger partial charge in [0.2, 0.25) is 0 Å². The van der Waals surface area contributed by atoms with Gasteiger partial charge in [0.05, 0.1) is 11.1 Å². The highest BCUT2D eigenvalue weighted by molar-refractivity contribution is 7.18. The molecule has 0 fully saturated rings. The van der Waals surface area contributed by atoms with Crippen LogP contribution in [0.2, 0.25) is 0 Å². The number of carbonyl (C=O) groups is 1. The maximum Gasteiger partial charge on any atom is 0.282 e. The SMILES string of the molecule is CC(C)N1C(=O)/C(=N\n2cnc3sc4c(c3c2=O)CCCC4)c2ccccc21. The molecule has 3 aromatic rings. The lowest BCUT2D eigenvalue weighted by Crippen LogP contribution is -2.36. The number of fused-ring (bicyclic) bond motifs is 4. The molecule has 0 N–H and O–H groups in total. The maximum atomic E-state index is 13.2. The second-order valence-corrected chi connectivity index (χ2v) is 8.60. The van der Waals surface area contributed by atoms with Crippen LogP contribution in [0.15, 0.2) is 40.5 Å². The zero-order valence-electron chi connectivity index (χ0n) is 15.8. The van der Waals surface area contributed by atoms with Crippen LogP contribution < -0.4 is 10.5 Å². The van der Waals surface area contributed by atoms with E-state index in [2.05, 4.69) is 10.1 Å². The Morgan fingerprint density at radius 2 is 1.93 bits per heavy atom. The number of amides is 1. The van der Waals surface area contributed by atoms with Crippen molar-refractivity contribution in [2.75, 3.05) is 4.90 Å². The van der Waals surface area contributed by atoms with Crippen molar-refractivity contribution in [2.45, 2.75) is 45.6 Å². The number of aryl methyl sites for hydroxylation is 2. The molecule has 2 aromatic heterocycles. The van der Waals surface area contributed by atoms with E-state index in [0.717, 1.165) is 47.3 Å². The summed E-state index contributed by atoms with van der Waals surface area (Å²) in [5.74, 6) is -0.185. The average Bonchev–Trinajstić information content (AvgIpc) is 3.20. The molecule has 1 aliphatic carbocycles. The Kier molecular flexibility index (Phi) is 3.94. The zero-order valence-corrected chi connectivity index (χ0v) is 16.6. The Hall–Kier alpha value is -2.80. The third-order valence-corrected chi connectivity index (χ3v) is 6.62. The van der Waals surface area contributed by atoms with Crippen molar-refractivity contribution >= 4 is 38.9 Å². The molecule has 142 valence electrons. The Labute approximate surface area is 166 Å². The standard InChI is InChI=1S/C21H20N4O2S/c1-12(2)25-15-9-5-3-7-13(15)18(21(25)27)23-24-11-22-19-17(20(24)26)14-8-4-6-10-16(14)28-19/h3,5,7,9,11-12H,4,6,8,10H2,1-2H3/b23-18-. The summed E-state index contributed by atoms with van der Waals surface area (Å²) in [4.78, 5) is 34.4. The smallest absolute Gasteiger partial charge is 0.282 e. The topological polar surface area (TPSA) is 67.6 Å². The molecule has 1 aliphatic heterocycles. The first kappa shape index (κ1) is 17.3. The van der Waals surface area contributed by atoms with E-state index < -0.39 is 0 Å². The maximum absolute atomic E-state index is 13.2. The molecule has 0 radical (unpaired) electrons. The summed E-state index contributed by atoms with van der Waals surface area (Å²) in [5, 5.41) is 5.14. The van der Waals surface area contributed by atoms with Crippen LogP contribution in [0.5, 0.6) is 0 Å². The zero-order chi connectivity index (χ0) is 19.4. The van der Waals surface area contributed by atoms with Gasteiger partial charge in [-0.15, -0.1) is 11.3 Å². The van der Waals surface area contributed by atoms with Crippen LogP contribution in [-0.4, -0.2) is 27.3 Å². The minimum absolute atomic E-state index is 0.00238. The quantitative estimate of drug-likeness (QED) is 0.672. The van der Waals surface area contributed by atoms with Crippen molar-refractivity contribution < 1.29 is 4.79 Å². The van der Waals surface area contributed by atoms with Crippen LogP contribution in [0.4, 0.5) is 5.69 Å². The van der Waals surface area contributed by atoms with Crippen LogP contribution >= 0.6 is 11.3 Å². The Bertz CT molecular complexity index is 1200. The molecule has 1 aromatic carbocycles. The molecule has 0 unspecified atom stereocenters.